The van der Waals surface area contributed by atoms with Gasteiger partial charge in [0.2, 0.25) is 5.91 Å². The number of carbonyl (C=O) groups is 2. The maximum atomic E-state index is 12.8. The molecule has 0 aliphatic carbocycles. The van der Waals surface area contributed by atoms with Gasteiger partial charge in [0.25, 0.3) is 0 Å². The summed E-state index contributed by atoms with van der Waals surface area (Å²) in [6.45, 7) is 1.14. The Bertz CT molecular complexity index is 1000. The van der Waals surface area contributed by atoms with Crippen LogP contribution in [0.25, 0.3) is 10.8 Å². The lowest BCUT2D eigenvalue weighted by Crippen LogP contribution is -2.37. The van der Waals surface area contributed by atoms with Crippen molar-refractivity contribution in [2.24, 2.45) is 0 Å². The molecule has 4 rings (SSSR count). The van der Waals surface area contributed by atoms with Gasteiger partial charge in [-0.15, -0.1) is 0 Å². The summed E-state index contributed by atoms with van der Waals surface area (Å²) in [6, 6.07) is 19.3. The summed E-state index contributed by atoms with van der Waals surface area (Å²) in [7, 11) is 0. The highest BCUT2D eigenvalue weighted by molar-refractivity contribution is 5.90. The van der Waals surface area contributed by atoms with Gasteiger partial charge < -0.3 is 10.0 Å². The smallest absolute Gasteiger partial charge is 0.335 e. The number of carboxylic acids is 1. The fourth-order valence-electron chi connectivity index (χ4n) is 3.62. The van der Waals surface area contributed by atoms with Crippen molar-refractivity contribution in [2.75, 3.05) is 6.54 Å². The predicted octanol–water partition coefficient (Wildman–Crippen LogP) is 3.67. The van der Waals surface area contributed by atoms with Gasteiger partial charge in [0.1, 0.15) is 0 Å². The molecule has 3 aromatic rings. The Hall–Kier alpha value is -3.14. The van der Waals surface area contributed by atoms with Crippen LogP contribution in [0.4, 0.5) is 0 Å². The molecule has 1 amide bonds. The Morgan fingerprint density at radius 1 is 0.962 bits per heavy atom. The number of rotatable bonds is 3. The number of aromatic carboxylic acids is 1. The third-order valence-electron chi connectivity index (χ3n) is 5.04. The number of nitrogens with zero attached hydrogens (tertiary/aromatic N) is 1. The lowest BCUT2D eigenvalue weighted by Gasteiger charge is -2.29. The van der Waals surface area contributed by atoms with Crippen molar-refractivity contribution >= 4 is 22.6 Å². The van der Waals surface area contributed by atoms with E-state index in [4.69, 9.17) is 0 Å². The summed E-state index contributed by atoms with van der Waals surface area (Å²) < 4.78 is 0. The van der Waals surface area contributed by atoms with E-state index in [-0.39, 0.29) is 11.5 Å². The second-order valence-electron chi connectivity index (χ2n) is 6.67. The Morgan fingerprint density at radius 2 is 1.77 bits per heavy atom. The topological polar surface area (TPSA) is 57.6 Å². The zero-order valence-electron chi connectivity index (χ0n) is 14.3. The molecule has 0 bridgehead atoms. The van der Waals surface area contributed by atoms with Crippen LogP contribution in [-0.4, -0.2) is 28.4 Å². The molecule has 0 radical (unpaired) electrons. The van der Waals surface area contributed by atoms with Crippen molar-refractivity contribution in [3.05, 3.63) is 82.9 Å². The minimum Gasteiger partial charge on any atom is -0.478 e. The molecule has 1 N–H and O–H groups in total. The average Bonchev–Trinajstić information content (AvgIpc) is 2.67. The number of carbonyl (C=O) groups excluding carboxylic acids is 1. The highest BCUT2D eigenvalue weighted by Gasteiger charge is 2.22. The van der Waals surface area contributed by atoms with Crippen LogP contribution >= 0.6 is 0 Å². The molecule has 0 spiro atoms. The van der Waals surface area contributed by atoms with E-state index in [1.807, 2.05) is 53.4 Å². The van der Waals surface area contributed by atoms with Crippen LogP contribution in [0.15, 0.2) is 60.7 Å². The van der Waals surface area contributed by atoms with Crippen LogP contribution in [-0.2, 0) is 24.2 Å². The molecule has 4 heteroatoms. The number of hydrogen-bond acceptors (Lipinski definition) is 2. The molecule has 1 aliphatic rings. The molecule has 0 atom stereocenters. The molecule has 3 aromatic carbocycles. The number of fused-ring (bicyclic) bond motifs is 2. The normalized spacial score (nSPS) is 13.5. The van der Waals surface area contributed by atoms with Gasteiger partial charge in [-0.1, -0.05) is 48.5 Å². The zero-order valence-corrected chi connectivity index (χ0v) is 14.3. The van der Waals surface area contributed by atoms with E-state index in [1.54, 1.807) is 12.1 Å². The minimum atomic E-state index is -0.938. The molecule has 0 fully saturated rings. The first-order valence-electron chi connectivity index (χ1n) is 8.71. The Kier molecular flexibility index (Phi) is 4.17. The third-order valence-corrected chi connectivity index (χ3v) is 5.04. The third kappa shape index (κ3) is 3.06. The molecular weight excluding hydrogens is 326 g/mol. The van der Waals surface area contributed by atoms with Gasteiger partial charge in [-0.05, 0) is 46.0 Å². The molecule has 1 heterocycles. The van der Waals surface area contributed by atoms with E-state index in [0.29, 0.717) is 19.5 Å². The zero-order chi connectivity index (χ0) is 18.1. The van der Waals surface area contributed by atoms with Crippen LogP contribution in [0.3, 0.4) is 0 Å². The first-order valence-corrected chi connectivity index (χ1v) is 8.71. The quantitative estimate of drug-likeness (QED) is 0.788. The summed E-state index contributed by atoms with van der Waals surface area (Å²) in [5.41, 5.74) is 3.36. The van der Waals surface area contributed by atoms with E-state index in [2.05, 4.69) is 0 Å². The van der Waals surface area contributed by atoms with Crippen molar-refractivity contribution in [3.63, 3.8) is 0 Å². The van der Waals surface area contributed by atoms with Gasteiger partial charge in [-0.2, -0.15) is 0 Å². The van der Waals surface area contributed by atoms with Gasteiger partial charge >= 0.3 is 5.97 Å². The van der Waals surface area contributed by atoms with Crippen LogP contribution in [0.1, 0.15) is 27.0 Å². The Morgan fingerprint density at radius 3 is 2.62 bits per heavy atom. The first kappa shape index (κ1) is 16.3. The summed E-state index contributed by atoms with van der Waals surface area (Å²) in [4.78, 5) is 25.9. The molecule has 26 heavy (non-hydrogen) atoms. The van der Waals surface area contributed by atoms with Crippen molar-refractivity contribution < 1.29 is 14.7 Å². The minimum absolute atomic E-state index is 0.0766. The highest BCUT2D eigenvalue weighted by atomic mass is 16.4. The maximum absolute atomic E-state index is 12.8. The summed E-state index contributed by atoms with van der Waals surface area (Å²) >= 11 is 0. The molecule has 0 aromatic heterocycles. The van der Waals surface area contributed by atoms with Crippen molar-refractivity contribution in [2.45, 2.75) is 19.4 Å². The lowest BCUT2D eigenvalue weighted by atomic mass is 9.96. The molecule has 0 unspecified atom stereocenters. The van der Waals surface area contributed by atoms with Crippen molar-refractivity contribution in [1.29, 1.82) is 0 Å². The van der Waals surface area contributed by atoms with Crippen LogP contribution in [0.5, 0.6) is 0 Å². The SMILES string of the molecule is O=C(O)c1ccc2c(c1)CN(C(=O)Cc1cccc3ccccc13)CC2. The summed E-state index contributed by atoms with van der Waals surface area (Å²) in [5, 5.41) is 11.4. The van der Waals surface area contributed by atoms with Gasteiger partial charge in [0.15, 0.2) is 0 Å². The van der Waals surface area contributed by atoms with Crippen LogP contribution < -0.4 is 0 Å². The van der Waals surface area contributed by atoms with Crippen molar-refractivity contribution in [1.82, 2.24) is 4.90 Å². The van der Waals surface area contributed by atoms with Crippen LogP contribution in [0, 0.1) is 0 Å². The van der Waals surface area contributed by atoms with E-state index in [0.717, 1.165) is 33.9 Å². The Balaban J connectivity index is 1.56. The number of amides is 1. The molecule has 130 valence electrons. The highest BCUT2D eigenvalue weighted by Crippen LogP contribution is 2.23. The van der Waals surface area contributed by atoms with E-state index in [9.17, 15) is 14.7 Å². The summed E-state index contributed by atoms with van der Waals surface area (Å²) in [6.07, 6.45) is 1.12. The van der Waals surface area contributed by atoms with Crippen molar-refractivity contribution in [3.8, 4) is 0 Å². The average molecular weight is 345 g/mol. The van der Waals surface area contributed by atoms with Gasteiger partial charge in [-0.25, -0.2) is 4.79 Å². The fraction of sp³-hybridized carbons (Fsp3) is 0.182. The lowest BCUT2D eigenvalue weighted by molar-refractivity contribution is -0.131. The van der Waals surface area contributed by atoms with Gasteiger partial charge in [-0.3, -0.25) is 4.79 Å². The molecular formula is C22H19NO3. The summed E-state index contributed by atoms with van der Waals surface area (Å²) in [5.74, 6) is -0.861. The number of hydrogen-bond donors (Lipinski definition) is 1. The second kappa shape index (κ2) is 6.64. The molecule has 0 saturated carbocycles. The molecule has 4 nitrogen and oxygen atoms in total. The number of benzene rings is 3. The molecule has 0 saturated heterocycles. The standard InChI is InChI=1S/C22H19NO3/c24-21(13-17-6-3-5-16-4-1-2-7-20(16)17)23-11-10-15-8-9-18(22(25)26)12-19(15)14-23/h1-9,12H,10-11,13-14H2,(H,25,26). The van der Waals surface area contributed by atoms with Gasteiger partial charge in [0.05, 0.1) is 12.0 Å². The second-order valence-corrected chi connectivity index (χ2v) is 6.67. The maximum Gasteiger partial charge on any atom is 0.335 e. The Labute approximate surface area is 151 Å². The molecule has 1 aliphatic heterocycles. The fourth-order valence-corrected chi connectivity index (χ4v) is 3.62. The van der Waals surface area contributed by atoms with Crippen LogP contribution in [0.2, 0.25) is 0 Å². The monoisotopic (exact) mass is 345 g/mol. The van der Waals surface area contributed by atoms with E-state index in [1.165, 1.54) is 0 Å². The first-order chi connectivity index (χ1) is 12.6. The number of carboxylic acid groups (broad SMARTS) is 1. The predicted molar refractivity (Wildman–Crippen MR) is 100 cm³/mol. The van der Waals surface area contributed by atoms with Gasteiger partial charge in [0, 0.05) is 13.1 Å². The van der Waals surface area contributed by atoms with E-state index < -0.39 is 5.97 Å². The van der Waals surface area contributed by atoms with E-state index >= 15 is 0 Å². The largest absolute Gasteiger partial charge is 0.478 e.